The van der Waals surface area contributed by atoms with Gasteiger partial charge in [-0.2, -0.15) is 0 Å². The van der Waals surface area contributed by atoms with E-state index in [0.717, 1.165) is 0 Å². The molecule has 110 valence electrons. The van der Waals surface area contributed by atoms with Gasteiger partial charge in [-0.25, -0.2) is 0 Å². The number of rotatable bonds is 5. The van der Waals surface area contributed by atoms with Crippen molar-refractivity contribution in [2.24, 2.45) is 5.92 Å². The molecule has 5 nitrogen and oxygen atoms in total. The summed E-state index contributed by atoms with van der Waals surface area (Å²) in [5.41, 5.74) is -0.801. The molecule has 1 aliphatic rings. The highest BCUT2D eigenvalue weighted by atomic mass is 16.5. The summed E-state index contributed by atoms with van der Waals surface area (Å²) in [7, 11) is 1.62. The third kappa shape index (κ3) is 2.91. The van der Waals surface area contributed by atoms with Crippen LogP contribution in [0.2, 0.25) is 0 Å². The van der Waals surface area contributed by atoms with E-state index in [1.807, 2.05) is 20.8 Å². The molecule has 0 aromatic carbocycles. The molecule has 0 aromatic heterocycles. The van der Waals surface area contributed by atoms with Gasteiger partial charge in [0, 0.05) is 7.11 Å². The van der Waals surface area contributed by atoms with Crippen LogP contribution in [0.3, 0.4) is 0 Å². The highest BCUT2D eigenvalue weighted by Gasteiger charge is 2.48. The maximum atomic E-state index is 12.7. The molecule has 0 aliphatic carbocycles. The van der Waals surface area contributed by atoms with Crippen molar-refractivity contribution in [1.29, 1.82) is 0 Å². The van der Waals surface area contributed by atoms with E-state index in [-0.39, 0.29) is 23.8 Å². The molecule has 1 saturated heterocycles. The SMILES string of the molecule is CCC1(C)NC(=O)C(C)N(C(COC)C(C)C)C1=O. The fourth-order valence-corrected chi connectivity index (χ4v) is 2.46. The molecular formula is C14H26N2O3. The summed E-state index contributed by atoms with van der Waals surface area (Å²) in [6.45, 7) is 10.00. The Morgan fingerprint density at radius 1 is 1.42 bits per heavy atom. The highest BCUT2D eigenvalue weighted by molar-refractivity contribution is 5.99. The van der Waals surface area contributed by atoms with Gasteiger partial charge in [0.15, 0.2) is 0 Å². The number of nitrogens with zero attached hydrogens (tertiary/aromatic N) is 1. The minimum absolute atomic E-state index is 0.0159. The van der Waals surface area contributed by atoms with E-state index in [0.29, 0.717) is 13.0 Å². The third-order valence-corrected chi connectivity index (χ3v) is 4.07. The fourth-order valence-electron chi connectivity index (χ4n) is 2.46. The van der Waals surface area contributed by atoms with Crippen molar-refractivity contribution in [2.75, 3.05) is 13.7 Å². The predicted molar refractivity (Wildman–Crippen MR) is 73.6 cm³/mol. The van der Waals surface area contributed by atoms with Crippen molar-refractivity contribution in [2.45, 2.75) is 58.7 Å². The number of piperazine rings is 1. The van der Waals surface area contributed by atoms with Crippen LogP contribution in [0.1, 0.15) is 41.0 Å². The molecule has 5 heteroatoms. The van der Waals surface area contributed by atoms with Crippen LogP contribution < -0.4 is 5.32 Å². The zero-order chi connectivity index (χ0) is 14.8. The molecule has 3 unspecified atom stereocenters. The molecule has 1 aliphatic heterocycles. The summed E-state index contributed by atoms with van der Waals surface area (Å²) in [5.74, 6) is 0.127. The number of carbonyl (C=O) groups excluding carboxylic acids is 2. The Bertz CT molecular complexity index is 357. The highest BCUT2D eigenvalue weighted by Crippen LogP contribution is 2.26. The largest absolute Gasteiger partial charge is 0.383 e. The lowest BCUT2D eigenvalue weighted by molar-refractivity contribution is -0.159. The minimum Gasteiger partial charge on any atom is -0.383 e. The van der Waals surface area contributed by atoms with Crippen LogP contribution in [0.25, 0.3) is 0 Å². The Balaban J connectivity index is 3.12. The number of nitrogens with one attached hydrogen (secondary N) is 1. The number of amides is 2. The first-order valence-corrected chi connectivity index (χ1v) is 6.92. The van der Waals surface area contributed by atoms with E-state index in [4.69, 9.17) is 4.74 Å². The second kappa shape index (κ2) is 5.90. The molecule has 0 aromatic rings. The molecular weight excluding hydrogens is 244 g/mol. The van der Waals surface area contributed by atoms with Crippen LogP contribution >= 0.6 is 0 Å². The molecule has 19 heavy (non-hydrogen) atoms. The number of hydrogen-bond donors (Lipinski definition) is 1. The summed E-state index contributed by atoms with van der Waals surface area (Å²) >= 11 is 0. The molecule has 2 amide bonds. The van der Waals surface area contributed by atoms with Gasteiger partial charge in [-0.15, -0.1) is 0 Å². The van der Waals surface area contributed by atoms with Crippen molar-refractivity contribution in [3.8, 4) is 0 Å². The van der Waals surface area contributed by atoms with Crippen LogP contribution in [-0.4, -0.2) is 48.1 Å². The quantitative estimate of drug-likeness (QED) is 0.816. The lowest BCUT2D eigenvalue weighted by atomic mass is 9.89. The summed E-state index contributed by atoms with van der Waals surface area (Å²) in [5, 5.41) is 2.84. The van der Waals surface area contributed by atoms with Crippen LogP contribution in [0.5, 0.6) is 0 Å². The maximum Gasteiger partial charge on any atom is 0.249 e. The van der Waals surface area contributed by atoms with E-state index in [2.05, 4.69) is 5.32 Å². The molecule has 0 radical (unpaired) electrons. The first-order valence-electron chi connectivity index (χ1n) is 6.92. The standard InChI is InChI=1S/C14H26N2O3/c1-7-14(5)13(18)16(10(4)12(17)15-14)11(8-19-6)9(2)3/h9-11H,7-8H2,1-6H3,(H,15,17). The van der Waals surface area contributed by atoms with Gasteiger partial charge in [0.1, 0.15) is 11.6 Å². The normalized spacial score (nSPS) is 29.6. The first-order chi connectivity index (χ1) is 8.78. The van der Waals surface area contributed by atoms with Gasteiger partial charge in [-0.05, 0) is 26.2 Å². The Hall–Kier alpha value is -1.10. The van der Waals surface area contributed by atoms with Gasteiger partial charge in [0.05, 0.1) is 12.6 Å². The van der Waals surface area contributed by atoms with Gasteiger partial charge in [0.2, 0.25) is 11.8 Å². The number of ether oxygens (including phenoxy) is 1. The van der Waals surface area contributed by atoms with Crippen LogP contribution in [0.15, 0.2) is 0 Å². The van der Waals surface area contributed by atoms with Crippen LogP contribution in [0.4, 0.5) is 0 Å². The maximum absolute atomic E-state index is 12.7. The van der Waals surface area contributed by atoms with E-state index >= 15 is 0 Å². The molecule has 1 rings (SSSR count). The van der Waals surface area contributed by atoms with Gasteiger partial charge in [-0.1, -0.05) is 20.8 Å². The van der Waals surface area contributed by atoms with E-state index in [1.165, 1.54) is 0 Å². The Morgan fingerprint density at radius 2 is 2.00 bits per heavy atom. The molecule has 1 fully saturated rings. The molecule has 1 heterocycles. The first kappa shape index (κ1) is 16.0. The third-order valence-electron chi connectivity index (χ3n) is 4.07. The average molecular weight is 270 g/mol. The summed E-state index contributed by atoms with van der Waals surface area (Å²) in [6, 6.07) is -0.529. The topological polar surface area (TPSA) is 58.6 Å². The lowest BCUT2D eigenvalue weighted by Crippen LogP contribution is -2.71. The van der Waals surface area contributed by atoms with Crippen molar-refractivity contribution < 1.29 is 14.3 Å². The Labute approximate surface area is 115 Å². The number of carbonyl (C=O) groups is 2. The van der Waals surface area contributed by atoms with Crippen molar-refractivity contribution in [3.05, 3.63) is 0 Å². The fraction of sp³-hybridized carbons (Fsp3) is 0.857. The number of methoxy groups -OCH3 is 1. The monoisotopic (exact) mass is 270 g/mol. The second-order valence-corrected chi connectivity index (χ2v) is 5.83. The average Bonchev–Trinajstić information content (AvgIpc) is 2.35. The van der Waals surface area contributed by atoms with Crippen molar-refractivity contribution in [3.63, 3.8) is 0 Å². The van der Waals surface area contributed by atoms with E-state index in [9.17, 15) is 9.59 Å². The lowest BCUT2D eigenvalue weighted by Gasteiger charge is -2.47. The molecule has 3 atom stereocenters. The van der Waals surface area contributed by atoms with Crippen molar-refractivity contribution in [1.82, 2.24) is 10.2 Å². The summed E-state index contributed by atoms with van der Waals surface area (Å²) in [4.78, 5) is 26.5. The zero-order valence-electron chi connectivity index (χ0n) is 12.8. The molecule has 1 N–H and O–H groups in total. The molecule has 0 bridgehead atoms. The van der Waals surface area contributed by atoms with Crippen LogP contribution in [-0.2, 0) is 14.3 Å². The smallest absolute Gasteiger partial charge is 0.249 e. The van der Waals surface area contributed by atoms with E-state index < -0.39 is 11.6 Å². The molecule has 0 spiro atoms. The van der Waals surface area contributed by atoms with Crippen molar-refractivity contribution >= 4 is 11.8 Å². The van der Waals surface area contributed by atoms with Gasteiger partial charge in [-0.3, -0.25) is 9.59 Å². The predicted octanol–water partition coefficient (Wildman–Crippen LogP) is 1.17. The van der Waals surface area contributed by atoms with Gasteiger partial charge < -0.3 is 15.0 Å². The minimum atomic E-state index is -0.801. The Kier molecular flexibility index (Phi) is 4.96. The van der Waals surface area contributed by atoms with Crippen LogP contribution in [0, 0.1) is 5.92 Å². The second-order valence-electron chi connectivity index (χ2n) is 5.83. The molecule has 0 saturated carbocycles. The summed E-state index contributed by atoms with van der Waals surface area (Å²) in [6.07, 6.45) is 0.582. The Morgan fingerprint density at radius 3 is 2.42 bits per heavy atom. The van der Waals surface area contributed by atoms with Gasteiger partial charge in [0.25, 0.3) is 0 Å². The zero-order valence-corrected chi connectivity index (χ0v) is 12.8. The summed E-state index contributed by atoms with van der Waals surface area (Å²) < 4.78 is 5.23. The van der Waals surface area contributed by atoms with E-state index in [1.54, 1.807) is 25.9 Å². The van der Waals surface area contributed by atoms with Gasteiger partial charge >= 0.3 is 0 Å². The number of hydrogen-bond acceptors (Lipinski definition) is 3.